The Labute approximate surface area is 75.7 Å². The molecule has 0 fully saturated rings. The Kier molecular flexibility index (Phi) is 1.50. The molecule has 72 valence electrons. The summed E-state index contributed by atoms with van der Waals surface area (Å²) in [7, 11) is 0. The number of aliphatic imine (C=N–C) groups is 1. The second kappa shape index (κ2) is 2.55. The zero-order valence-corrected chi connectivity index (χ0v) is 6.62. The van der Waals surface area contributed by atoms with Crippen LogP contribution in [0.5, 0.6) is 5.88 Å². The number of hydrogen-bond acceptors (Lipinski definition) is 4. The van der Waals surface area contributed by atoms with Gasteiger partial charge >= 0.3 is 11.7 Å². The maximum atomic E-state index is 11.0. The van der Waals surface area contributed by atoms with Gasteiger partial charge in [0.15, 0.2) is 5.71 Å². The van der Waals surface area contributed by atoms with Crippen LogP contribution in [0, 0.1) is 0 Å². The molecular weight excluding hydrogens is 192 g/mol. The number of aromatic hydroxyl groups is 1. The van der Waals surface area contributed by atoms with Gasteiger partial charge in [0.05, 0.1) is 0 Å². The number of H-pyrrole nitrogens is 2. The minimum Gasteiger partial charge on any atom is -0.493 e. The minimum atomic E-state index is -0.827. The molecule has 2 rings (SSSR count). The summed E-state index contributed by atoms with van der Waals surface area (Å²) < 4.78 is 0. The van der Waals surface area contributed by atoms with Crippen molar-refractivity contribution in [1.29, 1.82) is 0 Å². The van der Waals surface area contributed by atoms with Crippen LogP contribution in [-0.2, 0) is 4.79 Å². The number of imide groups is 1. The summed E-state index contributed by atoms with van der Waals surface area (Å²) >= 11 is 0. The molecule has 0 bridgehead atoms. The van der Waals surface area contributed by atoms with Crippen molar-refractivity contribution in [3.8, 4) is 5.88 Å². The van der Waals surface area contributed by atoms with E-state index < -0.39 is 23.5 Å². The molecule has 0 saturated heterocycles. The largest absolute Gasteiger partial charge is 0.493 e. The lowest BCUT2D eigenvalue weighted by Crippen LogP contribution is -2.26. The molecule has 0 aromatic carbocycles. The SMILES string of the molecule is O=C1N=C(c2[nH]c(=O)[nH]c2O)C(=O)N1. The number of carbonyl (C=O) groups is 2. The lowest BCUT2D eigenvalue weighted by Gasteiger charge is -1.92. The number of rotatable bonds is 1. The first-order valence-corrected chi connectivity index (χ1v) is 3.53. The van der Waals surface area contributed by atoms with Crippen molar-refractivity contribution in [2.75, 3.05) is 0 Å². The summed E-state index contributed by atoms with van der Waals surface area (Å²) in [4.78, 5) is 39.8. The molecule has 0 unspecified atom stereocenters. The van der Waals surface area contributed by atoms with Crippen LogP contribution < -0.4 is 11.0 Å². The second-order valence-electron chi connectivity index (χ2n) is 2.52. The highest BCUT2D eigenvalue weighted by Crippen LogP contribution is 2.11. The summed E-state index contributed by atoms with van der Waals surface area (Å²) in [5.74, 6) is -1.29. The number of hydrogen-bond donors (Lipinski definition) is 4. The Hall–Kier alpha value is -2.38. The molecule has 3 amide bonds. The zero-order chi connectivity index (χ0) is 10.3. The lowest BCUT2D eigenvalue weighted by molar-refractivity contribution is -0.113. The van der Waals surface area contributed by atoms with E-state index in [4.69, 9.17) is 5.11 Å². The van der Waals surface area contributed by atoms with E-state index in [9.17, 15) is 14.4 Å². The Morgan fingerprint density at radius 1 is 1.14 bits per heavy atom. The van der Waals surface area contributed by atoms with Crippen molar-refractivity contribution < 1.29 is 14.7 Å². The summed E-state index contributed by atoms with van der Waals surface area (Å²) in [6, 6.07) is -0.827. The summed E-state index contributed by atoms with van der Waals surface area (Å²) in [5, 5.41) is 11.0. The molecule has 8 nitrogen and oxygen atoms in total. The van der Waals surface area contributed by atoms with E-state index in [0.717, 1.165) is 0 Å². The number of amides is 3. The number of carbonyl (C=O) groups excluding carboxylic acids is 2. The molecule has 4 N–H and O–H groups in total. The molecule has 0 saturated carbocycles. The van der Waals surface area contributed by atoms with E-state index in [2.05, 4.69) is 9.98 Å². The fourth-order valence-electron chi connectivity index (χ4n) is 1.05. The Bertz CT molecular complexity index is 508. The molecule has 2 heterocycles. The Balaban J connectivity index is 2.55. The van der Waals surface area contributed by atoms with Gasteiger partial charge in [0.2, 0.25) is 5.88 Å². The van der Waals surface area contributed by atoms with Crippen LogP contribution in [0.3, 0.4) is 0 Å². The van der Waals surface area contributed by atoms with E-state index in [1.54, 1.807) is 0 Å². The Morgan fingerprint density at radius 2 is 1.86 bits per heavy atom. The van der Waals surface area contributed by atoms with Gasteiger partial charge in [-0.3, -0.25) is 15.1 Å². The van der Waals surface area contributed by atoms with E-state index in [1.165, 1.54) is 0 Å². The monoisotopic (exact) mass is 196 g/mol. The van der Waals surface area contributed by atoms with E-state index in [1.807, 2.05) is 10.3 Å². The van der Waals surface area contributed by atoms with Gasteiger partial charge in [-0.2, -0.15) is 4.99 Å². The number of nitrogens with zero attached hydrogens (tertiary/aromatic N) is 1. The maximum Gasteiger partial charge on any atom is 0.348 e. The van der Waals surface area contributed by atoms with Crippen LogP contribution >= 0.6 is 0 Å². The van der Waals surface area contributed by atoms with Crippen LogP contribution in [0.1, 0.15) is 5.69 Å². The first-order chi connectivity index (χ1) is 6.58. The molecule has 1 aromatic heterocycles. The van der Waals surface area contributed by atoms with Crippen LogP contribution in [0.4, 0.5) is 4.79 Å². The quantitative estimate of drug-likeness (QED) is 0.433. The third-order valence-electron chi connectivity index (χ3n) is 1.59. The predicted octanol–water partition coefficient (Wildman–Crippen LogP) is -1.55. The van der Waals surface area contributed by atoms with Gasteiger partial charge in [-0.15, -0.1) is 0 Å². The number of nitrogens with one attached hydrogen (secondary N) is 3. The molecule has 8 heteroatoms. The summed E-state index contributed by atoms with van der Waals surface area (Å²) in [6.45, 7) is 0. The number of aromatic amines is 2. The first kappa shape index (κ1) is 8.23. The van der Waals surface area contributed by atoms with Gasteiger partial charge in [0, 0.05) is 0 Å². The van der Waals surface area contributed by atoms with E-state index in [0.29, 0.717) is 0 Å². The minimum absolute atomic E-state index is 0.196. The highest BCUT2D eigenvalue weighted by molar-refractivity contribution is 6.51. The fraction of sp³-hybridized carbons (Fsp3) is 0. The normalized spacial score (nSPS) is 15.6. The fourth-order valence-corrected chi connectivity index (χ4v) is 1.05. The Morgan fingerprint density at radius 3 is 2.29 bits per heavy atom. The highest BCUT2D eigenvalue weighted by atomic mass is 16.3. The molecule has 1 aliphatic rings. The highest BCUT2D eigenvalue weighted by Gasteiger charge is 2.28. The average Bonchev–Trinajstić information content (AvgIpc) is 2.55. The van der Waals surface area contributed by atoms with Crippen molar-refractivity contribution in [2.45, 2.75) is 0 Å². The van der Waals surface area contributed by atoms with Crippen molar-refractivity contribution in [3.63, 3.8) is 0 Å². The van der Waals surface area contributed by atoms with Gasteiger partial charge in [-0.25, -0.2) is 9.59 Å². The first-order valence-electron chi connectivity index (χ1n) is 3.53. The van der Waals surface area contributed by atoms with Gasteiger partial charge in [-0.1, -0.05) is 0 Å². The van der Waals surface area contributed by atoms with Crippen LogP contribution in [-0.4, -0.2) is 32.7 Å². The molecule has 1 aromatic rings. The van der Waals surface area contributed by atoms with Crippen molar-refractivity contribution >= 4 is 17.6 Å². The topological polar surface area (TPSA) is 127 Å². The lowest BCUT2D eigenvalue weighted by atomic mass is 10.3. The molecule has 0 spiro atoms. The van der Waals surface area contributed by atoms with Gasteiger partial charge < -0.3 is 10.1 Å². The zero-order valence-electron chi connectivity index (χ0n) is 6.62. The smallest absolute Gasteiger partial charge is 0.348 e. The van der Waals surface area contributed by atoms with Gasteiger partial charge in [0.25, 0.3) is 5.91 Å². The van der Waals surface area contributed by atoms with E-state index >= 15 is 0 Å². The van der Waals surface area contributed by atoms with Gasteiger partial charge in [0.1, 0.15) is 5.69 Å². The second-order valence-corrected chi connectivity index (χ2v) is 2.52. The summed E-state index contributed by atoms with van der Waals surface area (Å²) in [6.07, 6.45) is 0. The van der Waals surface area contributed by atoms with Crippen molar-refractivity contribution in [2.24, 2.45) is 4.99 Å². The average molecular weight is 196 g/mol. The molecular formula is C6H4N4O4. The molecule has 14 heavy (non-hydrogen) atoms. The third-order valence-corrected chi connectivity index (χ3v) is 1.59. The van der Waals surface area contributed by atoms with Gasteiger partial charge in [-0.05, 0) is 0 Å². The number of imidazole rings is 1. The number of aromatic nitrogens is 2. The van der Waals surface area contributed by atoms with Crippen LogP contribution in [0.25, 0.3) is 0 Å². The molecule has 0 aliphatic carbocycles. The van der Waals surface area contributed by atoms with Crippen molar-refractivity contribution in [1.82, 2.24) is 15.3 Å². The molecule has 0 radical (unpaired) electrons. The third kappa shape index (κ3) is 1.09. The molecule has 0 atom stereocenters. The van der Waals surface area contributed by atoms with E-state index in [-0.39, 0.29) is 11.4 Å². The standard InChI is InChI=1S/C6H4N4O4/c11-3-1(7-5(13)9-3)2-4(12)10-6(14)8-2/h11H,(H2,7,9,13)(H,10,12,14). The summed E-state index contributed by atoms with van der Waals surface area (Å²) in [5.41, 5.74) is -1.20. The molecule has 1 aliphatic heterocycles. The number of urea groups is 1. The van der Waals surface area contributed by atoms with Crippen LogP contribution in [0.2, 0.25) is 0 Å². The van der Waals surface area contributed by atoms with Crippen molar-refractivity contribution in [3.05, 3.63) is 16.2 Å². The predicted molar refractivity (Wildman–Crippen MR) is 43.2 cm³/mol. The maximum absolute atomic E-state index is 11.0. The van der Waals surface area contributed by atoms with Crippen LogP contribution in [0.15, 0.2) is 9.79 Å².